The van der Waals surface area contributed by atoms with Crippen LogP contribution in [0.1, 0.15) is 25.5 Å². The van der Waals surface area contributed by atoms with Crippen LogP contribution in [-0.4, -0.2) is 21.5 Å². The number of fused-ring (bicyclic) bond motifs is 1. The van der Waals surface area contributed by atoms with E-state index in [1.54, 1.807) is 13.3 Å². The van der Waals surface area contributed by atoms with Gasteiger partial charge in [-0.25, -0.2) is 4.98 Å². The van der Waals surface area contributed by atoms with Crippen LogP contribution >= 0.6 is 11.6 Å². The molecule has 0 aliphatic carbocycles. The summed E-state index contributed by atoms with van der Waals surface area (Å²) in [5.41, 5.74) is 1.70. The third kappa shape index (κ3) is 1.77. The number of aromatic nitrogens is 3. The van der Waals surface area contributed by atoms with Crippen LogP contribution in [0.25, 0.3) is 5.65 Å². The molecule has 0 aromatic carbocycles. The Bertz CT molecular complexity index is 493. The molecule has 0 radical (unpaired) electrons. The summed E-state index contributed by atoms with van der Waals surface area (Å²) in [7, 11) is 1.56. The maximum absolute atomic E-state index is 5.85. The van der Waals surface area contributed by atoms with E-state index in [1.807, 2.05) is 10.6 Å². The Kier molecular flexibility index (Phi) is 2.52. The van der Waals surface area contributed by atoms with Gasteiger partial charge < -0.3 is 4.74 Å². The van der Waals surface area contributed by atoms with Gasteiger partial charge in [-0.3, -0.25) is 4.40 Å². The van der Waals surface area contributed by atoms with Crippen molar-refractivity contribution in [2.45, 2.75) is 19.8 Å². The third-order valence-corrected chi connectivity index (χ3v) is 2.36. The van der Waals surface area contributed by atoms with E-state index in [2.05, 4.69) is 23.8 Å². The molecular formula is C10H12ClN3O. The van der Waals surface area contributed by atoms with Crippen LogP contribution in [0.4, 0.5) is 0 Å². The Balaban J connectivity index is 2.68. The standard InChI is InChI=1S/C10H12ClN3O/c1-6(2)7-4-14-5-8(11)13-10(15-3)9(14)12-7/h4-6H,1-3H3. The summed E-state index contributed by atoms with van der Waals surface area (Å²) >= 11 is 5.85. The van der Waals surface area contributed by atoms with Crippen molar-refractivity contribution in [1.82, 2.24) is 14.4 Å². The molecule has 0 fully saturated rings. The van der Waals surface area contributed by atoms with Gasteiger partial charge in [0.1, 0.15) is 5.15 Å². The number of imidazole rings is 1. The summed E-state index contributed by atoms with van der Waals surface area (Å²) in [5.74, 6) is 0.822. The van der Waals surface area contributed by atoms with Crippen molar-refractivity contribution < 1.29 is 4.74 Å². The molecule has 0 amide bonds. The minimum Gasteiger partial charge on any atom is -0.478 e. The molecule has 80 valence electrons. The van der Waals surface area contributed by atoms with E-state index in [4.69, 9.17) is 16.3 Å². The SMILES string of the molecule is COc1nc(Cl)cn2cc(C(C)C)nc12. The first-order valence-corrected chi connectivity index (χ1v) is 5.08. The van der Waals surface area contributed by atoms with Crippen LogP contribution in [0.3, 0.4) is 0 Å². The molecule has 2 rings (SSSR count). The lowest BCUT2D eigenvalue weighted by Crippen LogP contribution is -1.94. The zero-order chi connectivity index (χ0) is 11.0. The van der Waals surface area contributed by atoms with Gasteiger partial charge in [0.15, 0.2) is 0 Å². The molecule has 0 aliphatic heterocycles. The molecule has 2 aromatic rings. The molecule has 2 heterocycles. The second kappa shape index (κ2) is 3.70. The van der Waals surface area contributed by atoms with Gasteiger partial charge in [-0.05, 0) is 5.92 Å². The number of hydrogen-bond donors (Lipinski definition) is 0. The Morgan fingerprint density at radius 1 is 1.33 bits per heavy atom. The predicted octanol–water partition coefficient (Wildman–Crippen LogP) is 2.51. The fourth-order valence-corrected chi connectivity index (χ4v) is 1.56. The van der Waals surface area contributed by atoms with Crippen LogP contribution in [0.15, 0.2) is 12.4 Å². The first-order valence-electron chi connectivity index (χ1n) is 4.71. The summed E-state index contributed by atoms with van der Waals surface area (Å²) in [5, 5.41) is 0.395. The van der Waals surface area contributed by atoms with E-state index >= 15 is 0 Å². The van der Waals surface area contributed by atoms with Crippen LogP contribution in [0, 0.1) is 0 Å². The van der Waals surface area contributed by atoms with Gasteiger partial charge in [0, 0.05) is 12.4 Å². The fraction of sp³-hybridized carbons (Fsp3) is 0.400. The summed E-state index contributed by atoms with van der Waals surface area (Å²) < 4.78 is 6.96. The topological polar surface area (TPSA) is 39.4 Å². The number of rotatable bonds is 2. The number of halogens is 1. The molecule has 15 heavy (non-hydrogen) atoms. The molecular weight excluding hydrogens is 214 g/mol. The highest BCUT2D eigenvalue weighted by Gasteiger charge is 2.11. The Morgan fingerprint density at radius 2 is 2.07 bits per heavy atom. The minimum atomic E-state index is 0.369. The fourth-order valence-electron chi connectivity index (χ4n) is 1.37. The van der Waals surface area contributed by atoms with Crippen LogP contribution < -0.4 is 4.74 Å². The van der Waals surface area contributed by atoms with Crippen molar-refractivity contribution in [2.75, 3.05) is 7.11 Å². The highest BCUT2D eigenvalue weighted by Crippen LogP contribution is 2.22. The zero-order valence-corrected chi connectivity index (χ0v) is 9.62. The number of methoxy groups -OCH3 is 1. The van der Waals surface area contributed by atoms with Gasteiger partial charge in [0.2, 0.25) is 5.65 Å². The summed E-state index contributed by atoms with van der Waals surface area (Å²) in [6, 6.07) is 0. The molecule has 0 unspecified atom stereocenters. The van der Waals surface area contributed by atoms with E-state index in [9.17, 15) is 0 Å². The highest BCUT2D eigenvalue weighted by atomic mass is 35.5. The third-order valence-electron chi connectivity index (χ3n) is 2.18. The van der Waals surface area contributed by atoms with Gasteiger partial charge in [-0.1, -0.05) is 25.4 Å². The first kappa shape index (κ1) is 10.2. The van der Waals surface area contributed by atoms with Crippen molar-refractivity contribution in [3.63, 3.8) is 0 Å². The van der Waals surface area contributed by atoms with Crippen molar-refractivity contribution in [3.8, 4) is 5.88 Å². The zero-order valence-electron chi connectivity index (χ0n) is 8.86. The maximum Gasteiger partial charge on any atom is 0.259 e. The smallest absolute Gasteiger partial charge is 0.259 e. The number of hydrogen-bond acceptors (Lipinski definition) is 3. The van der Waals surface area contributed by atoms with E-state index in [0.29, 0.717) is 22.6 Å². The van der Waals surface area contributed by atoms with Crippen molar-refractivity contribution in [2.24, 2.45) is 0 Å². The molecule has 4 nitrogen and oxygen atoms in total. The van der Waals surface area contributed by atoms with Gasteiger partial charge in [0.25, 0.3) is 5.88 Å². The number of nitrogens with zero attached hydrogens (tertiary/aromatic N) is 3. The molecule has 0 spiro atoms. The molecule has 5 heteroatoms. The molecule has 0 N–H and O–H groups in total. The van der Waals surface area contributed by atoms with Crippen LogP contribution in [0.5, 0.6) is 5.88 Å². The largest absolute Gasteiger partial charge is 0.478 e. The van der Waals surface area contributed by atoms with Crippen molar-refractivity contribution in [1.29, 1.82) is 0 Å². The summed E-state index contributed by atoms with van der Waals surface area (Å²) in [6.45, 7) is 4.17. The Labute approximate surface area is 92.9 Å². The average Bonchev–Trinajstić information content (AvgIpc) is 2.59. The van der Waals surface area contributed by atoms with Gasteiger partial charge in [-0.15, -0.1) is 0 Å². The normalized spacial score (nSPS) is 11.3. The molecule has 0 bridgehead atoms. The Morgan fingerprint density at radius 3 is 2.67 bits per heavy atom. The van der Waals surface area contributed by atoms with Crippen molar-refractivity contribution in [3.05, 3.63) is 23.2 Å². The Hall–Kier alpha value is -1.29. The monoisotopic (exact) mass is 225 g/mol. The quantitative estimate of drug-likeness (QED) is 0.789. The lowest BCUT2D eigenvalue weighted by molar-refractivity contribution is 0.400. The van der Waals surface area contributed by atoms with Gasteiger partial charge >= 0.3 is 0 Å². The van der Waals surface area contributed by atoms with Crippen molar-refractivity contribution >= 4 is 17.2 Å². The van der Waals surface area contributed by atoms with Gasteiger partial charge in [-0.2, -0.15) is 4.98 Å². The molecule has 0 atom stereocenters. The molecule has 0 saturated heterocycles. The van der Waals surface area contributed by atoms with E-state index < -0.39 is 0 Å². The lowest BCUT2D eigenvalue weighted by Gasteiger charge is -2.00. The highest BCUT2D eigenvalue weighted by molar-refractivity contribution is 6.29. The second-order valence-electron chi connectivity index (χ2n) is 3.62. The summed E-state index contributed by atoms with van der Waals surface area (Å²) in [4.78, 5) is 8.49. The van der Waals surface area contributed by atoms with E-state index in [1.165, 1.54) is 0 Å². The minimum absolute atomic E-state index is 0.369. The average molecular weight is 226 g/mol. The first-order chi connectivity index (χ1) is 7.11. The second-order valence-corrected chi connectivity index (χ2v) is 4.01. The van der Waals surface area contributed by atoms with E-state index in [-0.39, 0.29) is 0 Å². The molecule has 0 saturated carbocycles. The lowest BCUT2D eigenvalue weighted by atomic mass is 10.2. The van der Waals surface area contributed by atoms with Crippen LogP contribution in [-0.2, 0) is 0 Å². The summed E-state index contributed by atoms with van der Waals surface area (Å²) in [6.07, 6.45) is 3.66. The number of ether oxygens (including phenoxy) is 1. The molecule has 0 aliphatic rings. The van der Waals surface area contributed by atoms with Crippen LogP contribution in [0.2, 0.25) is 5.15 Å². The maximum atomic E-state index is 5.85. The van der Waals surface area contributed by atoms with Gasteiger partial charge in [0.05, 0.1) is 12.8 Å². The van der Waals surface area contributed by atoms with E-state index in [0.717, 1.165) is 5.69 Å². The predicted molar refractivity (Wildman–Crippen MR) is 58.6 cm³/mol. The molecule has 2 aromatic heterocycles.